The molecule has 0 aromatic heterocycles. The van der Waals surface area contributed by atoms with E-state index in [1.54, 1.807) is 18.2 Å². The van der Waals surface area contributed by atoms with Crippen LogP contribution in [0.3, 0.4) is 0 Å². The summed E-state index contributed by atoms with van der Waals surface area (Å²) in [4.78, 5) is 10.2. The van der Waals surface area contributed by atoms with Gasteiger partial charge in [-0.1, -0.05) is 12.1 Å². The van der Waals surface area contributed by atoms with Gasteiger partial charge in [-0.25, -0.2) is 4.39 Å². The quantitative estimate of drug-likeness (QED) is 0.502. The number of anilines is 2. The van der Waals surface area contributed by atoms with E-state index in [1.807, 2.05) is 6.92 Å². The first-order chi connectivity index (χ1) is 9.95. The zero-order valence-corrected chi connectivity index (χ0v) is 11.5. The van der Waals surface area contributed by atoms with Crippen molar-refractivity contribution in [2.24, 2.45) is 0 Å². The van der Waals surface area contributed by atoms with E-state index in [0.717, 1.165) is 5.56 Å². The van der Waals surface area contributed by atoms with Crippen LogP contribution in [0.5, 0.6) is 0 Å². The van der Waals surface area contributed by atoms with Crippen LogP contribution in [-0.4, -0.2) is 11.0 Å². The van der Waals surface area contributed by atoms with Gasteiger partial charge in [0.25, 0.3) is 5.69 Å². The number of hydrogen-bond acceptors (Lipinski definition) is 4. The molecule has 6 heteroatoms. The molecule has 0 aliphatic rings. The standard InChI is InChI=1S/C15H16FN3O2/c1-10(8-11-2-4-12(16)5-3-11)18-15-7-6-13(19(20)21)9-14(15)17/h2-7,9-10,18H,8,17H2,1H3. The summed E-state index contributed by atoms with van der Waals surface area (Å²) in [6, 6.07) is 10.7. The maximum Gasteiger partial charge on any atom is 0.271 e. The average Bonchev–Trinajstić information content (AvgIpc) is 2.43. The summed E-state index contributed by atoms with van der Waals surface area (Å²) in [5, 5.41) is 13.9. The number of nitrogens with two attached hydrogens (primary N) is 1. The summed E-state index contributed by atoms with van der Waals surface area (Å²) in [7, 11) is 0. The largest absolute Gasteiger partial charge is 0.397 e. The smallest absolute Gasteiger partial charge is 0.271 e. The second-order valence-electron chi connectivity index (χ2n) is 4.90. The highest BCUT2D eigenvalue weighted by Crippen LogP contribution is 2.25. The van der Waals surface area contributed by atoms with E-state index >= 15 is 0 Å². The number of nitrogen functional groups attached to an aromatic ring is 1. The molecule has 0 spiro atoms. The van der Waals surface area contributed by atoms with Crippen LogP contribution in [0.4, 0.5) is 21.5 Å². The third-order valence-electron chi connectivity index (χ3n) is 3.10. The molecule has 0 aliphatic heterocycles. The first-order valence-electron chi connectivity index (χ1n) is 6.50. The van der Waals surface area contributed by atoms with Gasteiger partial charge >= 0.3 is 0 Å². The molecule has 0 saturated heterocycles. The third kappa shape index (κ3) is 3.92. The monoisotopic (exact) mass is 289 g/mol. The Morgan fingerprint density at radius 3 is 2.52 bits per heavy atom. The maximum atomic E-state index is 12.8. The first-order valence-corrected chi connectivity index (χ1v) is 6.50. The Morgan fingerprint density at radius 2 is 1.95 bits per heavy atom. The lowest BCUT2D eigenvalue weighted by Gasteiger charge is -2.16. The highest BCUT2D eigenvalue weighted by atomic mass is 19.1. The van der Waals surface area contributed by atoms with E-state index < -0.39 is 4.92 Å². The lowest BCUT2D eigenvalue weighted by Crippen LogP contribution is -2.19. The van der Waals surface area contributed by atoms with Crippen LogP contribution in [0.15, 0.2) is 42.5 Å². The van der Waals surface area contributed by atoms with Crippen molar-refractivity contribution in [1.29, 1.82) is 0 Å². The SMILES string of the molecule is CC(Cc1ccc(F)cc1)Nc1ccc([N+](=O)[O-])cc1N. The van der Waals surface area contributed by atoms with E-state index in [-0.39, 0.29) is 17.5 Å². The Hall–Kier alpha value is -2.63. The van der Waals surface area contributed by atoms with Gasteiger partial charge in [0.15, 0.2) is 0 Å². The van der Waals surface area contributed by atoms with Gasteiger partial charge in [0.1, 0.15) is 5.82 Å². The molecular formula is C15H16FN3O2. The molecule has 0 saturated carbocycles. The van der Waals surface area contributed by atoms with E-state index in [1.165, 1.54) is 24.3 Å². The molecule has 21 heavy (non-hydrogen) atoms. The number of nitro benzene ring substituents is 1. The predicted octanol–water partition coefficient (Wildman–Crippen LogP) is 3.36. The number of rotatable bonds is 5. The van der Waals surface area contributed by atoms with Crippen molar-refractivity contribution < 1.29 is 9.31 Å². The third-order valence-corrected chi connectivity index (χ3v) is 3.10. The minimum Gasteiger partial charge on any atom is -0.397 e. The molecule has 2 aromatic rings. The van der Waals surface area contributed by atoms with Gasteiger partial charge in [-0.2, -0.15) is 0 Å². The van der Waals surface area contributed by atoms with Crippen LogP contribution in [-0.2, 0) is 6.42 Å². The Morgan fingerprint density at radius 1 is 1.29 bits per heavy atom. The Kier molecular flexibility index (Phi) is 4.37. The second kappa shape index (κ2) is 6.21. The fraction of sp³-hybridized carbons (Fsp3) is 0.200. The van der Waals surface area contributed by atoms with Crippen molar-refractivity contribution in [3.05, 3.63) is 64.0 Å². The maximum absolute atomic E-state index is 12.8. The summed E-state index contributed by atoms with van der Waals surface area (Å²) < 4.78 is 12.8. The van der Waals surface area contributed by atoms with Crippen molar-refractivity contribution in [2.45, 2.75) is 19.4 Å². The number of halogens is 1. The Balaban J connectivity index is 2.04. The molecule has 1 atom stereocenters. The van der Waals surface area contributed by atoms with Crippen LogP contribution in [0.25, 0.3) is 0 Å². The van der Waals surface area contributed by atoms with Crippen molar-refractivity contribution in [3.8, 4) is 0 Å². The number of non-ortho nitro benzene ring substituents is 1. The highest BCUT2D eigenvalue weighted by Gasteiger charge is 2.11. The van der Waals surface area contributed by atoms with E-state index in [2.05, 4.69) is 5.32 Å². The number of benzene rings is 2. The summed E-state index contributed by atoms with van der Waals surface area (Å²) in [5.41, 5.74) is 7.74. The van der Waals surface area contributed by atoms with Crippen LogP contribution < -0.4 is 11.1 Å². The summed E-state index contributed by atoms with van der Waals surface area (Å²) >= 11 is 0. The molecule has 0 aliphatic carbocycles. The van der Waals surface area contributed by atoms with Crippen LogP contribution in [0.2, 0.25) is 0 Å². The topological polar surface area (TPSA) is 81.2 Å². The molecule has 5 nitrogen and oxygen atoms in total. The molecule has 2 rings (SSSR count). The summed E-state index contributed by atoms with van der Waals surface area (Å²) in [6.45, 7) is 1.96. The first kappa shape index (κ1) is 14.8. The van der Waals surface area contributed by atoms with Gasteiger partial charge in [0, 0.05) is 18.2 Å². The van der Waals surface area contributed by atoms with Gasteiger partial charge in [-0.15, -0.1) is 0 Å². The Bertz CT molecular complexity index is 644. The predicted molar refractivity (Wildman–Crippen MR) is 80.7 cm³/mol. The number of hydrogen-bond donors (Lipinski definition) is 2. The summed E-state index contributed by atoms with van der Waals surface area (Å²) in [5.74, 6) is -0.265. The molecule has 0 heterocycles. The zero-order chi connectivity index (χ0) is 15.4. The summed E-state index contributed by atoms with van der Waals surface area (Å²) in [6.07, 6.45) is 0.691. The van der Waals surface area contributed by atoms with Crippen LogP contribution in [0, 0.1) is 15.9 Å². The lowest BCUT2D eigenvalue weighted by atomic mass is 10.1. The van der Waals surface area contributed by atoms with Crippen molar-refractivity contribution in [1.82, 2.24) is 0 Å². The number of nitro groups is 1. The van der Waals surface area contributed by atoms with Crippen molar-refractivity contribution in [2.75, 3.05) is 11.1 Å². The zero-order valence-electron chi connectivity index (χ0n) is 11.5. The Labute approximate surface area is 121 Å². The molecule has 3 N–H and O–H groups in total. The van der Waals surface area contributed by atoms with E-state index in [9.17, 15) is 14.5 Å². The second-order valence-corrected chi connectivity index (χ2v) is 4.90. The molecule has 0 fully saturated rings. The molecule has 0 bridgehead atoms. The van der Waals surface area contributed by atoms with Crippen molar-refractivity contribution >= 4 is 17.1 Å². The normalized spacial score (nSPS) is 11.9. The van der Waals surface area contributed by atoms with Gasteiger partial charge < -0.3 is 11.1 Å². The van der Waals surface area contributed by atoms with Crippen LogP contribution in [0.1, 0.15) is 12.5 Å². The van der Waals surface area contributed by atoms with E-state index in [0.29, 0.717) is 17.8 Å². The average molecular weight is 289 g/mol. The van der Waals surface area contributed by atoms with E-state index in [4.69, 9.17) is 5.73 Å². The molecule has 2 aromatic carbocycles. The number of nitrogens with one attached hydrogen (secondary N) is 1. The fourth-order valence-corrected chi connectivity index (χ4v) is 2.09. The molecule has 0 radical (unpaired) electrons. The van der Waals surface area contributed by atoms with Gasteiger partial charge in [0.05, 0.1) is 16.3 Å². The highest BCUT2D eigenvalue weighted by molar-refractivity contribution is 5.69. The number of nitrogens with zero attached hydrogens (tertiary/aromatic N) is 1. The molecule has 1 unspecified atom stereocenters. The molecule has 0 amide bonds. The lowest BCUT2D eigenvalue weighted by molar-refractivity contribution is -0.384. The molecular weight excluding hydrogens is 273 g/mol. The van der Waals surface area contributed by atoms with Crippen LogP contribution >= 0.6 is 0 Å². The van der Waals surface area contributed by atoms with Gasteiger partial charge in [-0.3, -0.25) is 10.1 Å². The minimum absolute atomic E-state index is 0.0377. The molecule has 110 valence electrons. The van der Waals surface area contributed by atoms with Gasteiger partial charge in [0.2, 0.25) is 0 Å². The van der Waals surface area contributed by atoms with Crippen molar-refractivity contribution in [3.63, 3.8) is 0 Å². The van der Waals surface area contributed by atoms with Gasteiger partial charge in [-0.05, 0) is 37.1 Å². The minimum atomic E-state index is -0.484. The fourth-order valence-electron chi connectivity index (χ4n) is 2.09.